The molecule has 0 bridgehead atoms. The molecule has 1 rings (SSSR count). The van der Waals surface area contributed by atoms with Crippen molar-refractivity contribution < 1.29 is 36.4 Å². The van der Waals surface area contributed by atoms with Gasteiger partial charge >= 0.3 is 12.4 Å². The summed E-state index contributed by atoms with van der Waals surface area (Å²) in [5, 5.41) is 22.5. The van der Waals surface area contributed by atoms with Crippen LogP contribution in [0.2, 0.25) is 0 Å². The Bertz CT molecular complexity index is 636. The normalized spacial score (nSPS) is 12.7. The van der Waals surface area contributed by atoms with Crippen molar-refractivity contribution in [3.05, 3.63) is 44.3 Å². The maximum absolute atomic E-state index is 12.6. The summed E-state index contributed by atoms with van der Waals surface area (Å²) in [6.07, 6.45) is -12.4. The Balaban J connectivity index is 3.70. The zero-order chi connectivity index (χ0) is 17.3. The zero-order valence-electron chi connectivity index (χ0n) is 10.1. The van der Waals surface area contributed by atoms with Crippen LogP contribution in [-0.4, -0.2) is 22.4 Å². The quantitative estimate of drug-likeness (QED) is 0.227. The average molecular weight is 330 g/mol. The molecule has 7 nitrogen and oxygen atoms in total. The molecule has 120 valence electrons. The van der Waals surface area contributed by atoms with Gasteiger partial charge in [-0.3, -0.25) is 10.1 Å². The van der Waals surface area contributed by atoms with E-state index in [-0.39, 0.29) is 12.1 Å². The van der Waals surface area contributed by atoms with Crippen molar-refractivity contribution in [3.8, 4) is 0 Å². The van der Waals surface area contributed by atoms with Crippen molar-refractivity contribution in [2.24, 2.45) is 5.11 Å². The van der Waals surface area contributed by atoms with Crippen LogP contribution in [0.5, 0.6) is 0 Å². The first-order chi connectivity index (χ1) is 9.86. The van der Waals surface area contributed by atoms with Crippen LogP contribution in [0.15, 0.2) is 23.3 Å². The predicted octanol–water partition coefficient (Wildman–Crippen LogP) is 3.85. The number of nitrogens with zero attached hydrogens (tertiary/aromatic N) is 4. The zero-order valence-corrected chi connectivity index (χ0v) is 10.1. The van der Waals surface area contributed by atoms with Gasteiger partial charge < -0.3 is 5.11 Å². The summed E-state index contributed by atoms with van der Waals surface area (Å²) in [5.41, 5.74) is -1.11. The second kappa shape index (κ2) is 5.35. The molecule has 13 heteroatoms. The maximum atomic E-state index is 12.6. The molecule has 0 aliphatic carbocycles. The molecule has 0 heterocycles. The standard InChI is InChI=1S/C9H4F6N4O3/c10-8(11,12)7(20,9(13,14)15)4-1-2-5(17-18-16)6(3-4)19(21)22/h1-3,20H. The van der Waals surface area contributed by atoms with E-state index in [4.69, 9.17) is 10.6 Å². The number of nitro benzene ring substituents is 1. The van der Waals surface area contributed by atoms with Crippen LogP contribution in [0.25, 0.3) is 10.4 Å². The summed E-state index contributed by atoms with van der Waals surface area (Å²) in [4.78, 5) is 11.5. The molecule has 0 atom stereocenters. The molecule has 0 saturated heterocycles. The molecular weight excluding hydrogens is 326 g/mol. The number of nitro groups is 1. The van der Waals surface area contributed by atoms with Crippen molar-refractivity contribution >= 4 is 11.4 Å². The molecule has 1 aromatic carbocycles. The van der Waals surface area contributed by atoms with E-state index in [0.717, 1.165) is 0 Å². The fraction of sp³-hybridized carbons (Fsp3) is 0.333. The van der Waals surface area contributed by atoms with Crippen molar-refractivity contribution in [1.82, 2.24) is 0 Å². The molecule has 1 aromatic rings. The molecule has 0 amide bonds. The lowest BCUT2D eigenvalue weighted by Gasteiger charge is -2.32. The van der Waals surface area contributed by atoms with Crippen LogP contribution in [-0.2, 0) is 5.60 Å². The highest BCUT2D eigenvalue weighted by Gasteiger charge is 2.71. The number of rotatable bonds is 3. The number of hydrogen-bond donors (Lipinski definition) is 1. The lowest BCUT2D eigenvalue weighted by molar-refractivity contribution is -0.386. The van der Waals surface area contributed by atoms with Crippen LogP contribution in [0, 0.1) is 10.1 Å². The van der Waals surface area contributed by atoms with Gasteiger partial charge in [-0.1, -0.05) is 11.2 Å². The third-order valence-corrected chi connectivity index (χ3v) is 2.56. The lowest BCUT2D eigenvalue weighted by Crippen LogP contribution is -2.53. The van der Waals surface area contributed by atoms with E-state index < -0.39 is 39.8 Å². The van der Waals surface area contributed by atoms with Gasteiger partial charge in [0, 0.05) is 16.5 Å². The molecule has 1 N–H and O–H groups in total. The molecule has 22 heavy (non-hydrogen) atoms. The van der Waals surface area contributed by atoms with Crippen molar-refractivity contribution in [1.29, 1.82) is 0 Å². The topological polar surface area (TPSA) is 112 Å². The fourth-order valence-corrected chi connectivity index (χ4v) is 1.52. The predicted molar refractivity (Wildman–Crippen MR) is 57.9 cm³/mol. The molecule has 0 aliphatic rings. The number of alkyl halides is 6. The Morgan fingerprint density at radius 2 is 1.68 bits per heavy atom. The first-order valence-electron chi connectivity index (χ1n) is 5.06. The van der Waals surface area contributed by atoms with Crippen molar-refractivity contribution in [2.75, 3.05) is 0 Å². The molecule has 0 fully saturated rings. The molecule has 0 radical (unpaired) electrons. The molecule has 0 aliphatic heterocycles. The van der Waals surface area contributed by atoms with E-state index in [9.17, 15) is 36.5 Å². The van der Waals surface area contributed by atoms with Gasteiger partial charge in [-0.2, -0.15) is 26.3 Å². The third-order valence-electron chi connectivity index (χ3n) is 2.56. The van der Waals surface area contributed by atoms with Crippen LogP contribution in [0.3, 0.4) is 0 Å². The summed E-state index contributed by atoms with van der Waals surface area (Å²) in [5.74, 6) is 0. The Morgan fingerprint density at radius 3 is 2.05 bits per heavy atom. The van der Waals surface area contributed by atoms with Crippen LogP contribution in [0.4, 0.5) is 37.7 Å². The van der Waals surface area contributed by atoms with E-state index in [2.05, 4.69) is 10.0 Å². The molecular formula is C9H4F6N4O3. The minimum Gasteiger partial charge on any atom is -0.369 e. The van der Waals surface area contributed by atoms with Crippen LogP contribution >= 0.6 is 0 Å². The van der Waals surface area contributed by atoms with Crippen LogP contribution < -0.4 is 0 Å². The monoisotopic (exact) mass is 330 g/mol. The molecule has 0 saturated carbocycles. The smallest absolute Gasteiger partial charge is 0.369 e. The van der Waals surface area contributed by atoms with Gasteiger partial charge in [0.2, 0.25) is 0 Å². The van der Waals surface area contributed by atoms with Gasteiger partial charge in [0.1, 0.15) is 5.69 Å². The second-order valence-electron chi connectivity index (χ2n) is 3.86. The summed E-state index contributed by atoms with van der Waals surface area (Å²) in [6.45, 7) is 0. The summed E-state index contributed by atoms with van der Waals surface area (Å²) < 4.78 is 75.9. The number of aliphatic hydroxyl groups is 1. The Morgan fingerprint density at radius 1 is 1.18 bits per heavy atom. The fourth-order valence-electron chi connectivity index (χ4n) is 1.52. The minimum atomic E-state index is -6.18. The Labute approximate surface area is 116 Å². The van der Waals surface area contributed by atoms with Crippen LogP contribution in [0.1, 0.15) is 5.56 Å². The van der Waals surface area contributed by atoms with E-state index in [1.807, 2.05) is 0 Å². The Kier molecular flexibility index (Phi) is 4.26. The maximum Gasteiger partial charge on any atom is 0.430 e. The van der Waals surface area contributed by atoms with E-state index in [1.54, 1.807) is 0 Å². The highest BCUT2D eigenvalue weighted by atomic mass is 19.4. The molecule has 0 spiro atoms. The van der Waals surface area contributed by atoms with Gasteiger partial charge in [0.15, 0.2) is 0 Å². The van der Waals surface area contributed by atoms with Crippen molar-refractivity contribution in [2.45, 2.75) is 18.0 Å². The van der Waals surface area contributed by atoms with E-state index in [0.29, 0.717) is 6.07 Å². The van der Waals surface area contributed by atoms with Crippen molar-refractivity contribution in [3.63, 3.8) is 0 Å². The number of hydrogen-bond acceptors (Lipinski definition) is 4. The largest absolute Gasteiger partial charge is 0.430 e. The number of halogens is 6. The molecule has 0 aromatic heterocycles. The lowest BCUT2D eigenvalue weighted by atomic mass is 9.91. The van der Waals surface area contributed by atoms with Gasteiger partial charge in [0.25, 0.3) is 11.3 Å². The van der Waals surface area contributed by atoms with Gasteiger partial charge in [-0.25, -0.2) is 0 Å². The SMILES string of the molecule is [N-]=[N+]=Nc1ccc(C(O)(C(F)(F)F)C(F)(F)F)cc1[N+](=O)[O-]. The highest BCUT2D eigenvalue weighted by molar-refractivity contribution is 5.59. The van der Waals surface area contributed by atoms with Gasteiger partial charge in [0.05, 0.1) is 4.92 Å². The summed E-state index contributed by atoms with van der Waals surface area (Å²) in [7, 11) is 0. The minimum absolute atomic E-state index is 0.137. The first kappa shape index (κ1) is 17.5. The van der Waals surface area contributed by atoms with Gasteiger partial charge in [-0.15, -0.1) is 0 Å². The summed E-state index contributed by atoms with van der Waals surface area (Å²) >= 11 is 0. The van der Waals surface area contributed by atoms with E-state index >= 15 is 0 Å². The number of azide groups is 1. The third kappa shape index (κ3) is 2.76. The Hall–Kier alpha value is -2.53. The van der Waals surface area contributed by atoms with Gasteiger partial charge in [-0.05, 0) is 11.6 Å². The molecule has 0 unspecified atom stereocenters. The first-order valence-corrected chi connectivity index (χ1v) is 5.06. The second-order valence-corrected chi connectivity index (χ2v) is 3.86. The van der Waals surface area contributed by atoms with E-state index in [1.165, 1.54) is 0 Å². The highest BCUT2D eigenvalue weighted by Crippen LogP contribution is 2.51. The summed E-state index contributed by atoms with van der Waals surface area (Å²) in [6, 6.07) is 0.360. The number of benzene rings is 1. The average Bonchev–Trinajstić information content (AvgIpc) is 2.35.